The lowest BCUT2D eigenvalue weighted by Crippen LogP contribution is -2.29. The highest BCUT2D eigenvalue weighted by Crippen LogP contribution is 2.39. The maximum Gasteiger partial charge on any atom is 0.253 e. The standard InChI is InChI=1S/C29H26N6O4S3/c1-16-33-35-12-23(32-29(35)41-16)27-31-22-9-21(38-2)10-24(25(22)42-27)39-14-20-15-40-26(30-20)18-3-5-19(6-4-18)28(37)34-8-7-17(11-34)13-36/h3-6,9-10,12,15,17,36H,7-8,11,13-14H2,1-2H3/t17-/m1/s1. The monoisotopic (exact) mass is 618 g/mol. The molecular weight excluding hydrogens is 593 g/mol. The predicted molar refractivity (Wildman–Crippen MR) is 164 cm³/mol. The molecule has 0 bridgehead atoms. The van der Waals surface area contributed by atoms with Gasteiger partial charge in [0.15, 0.2) is 0 Å². The number of nitrogens with zero attached hydrogens (tertiary/aromatic N) is 6. The van der Waals surface area contributed by atoms with Crippen molar-refractivity contribution < 1.29 is 19.4 Å². The third-order valence-corrected chi connectivity index (χ3v) is 10.1. The topological polar surface area (TPSA) is 115 Å². The first-order valence-electron chi connectivity index (χ1n) is 13.4. The second-order valence-corrected chi connectivity index (χ2v) is 13.1. The number of amides is 1. The number of aliphatic hydroxyl groups is 1. The molecule has 0 aliphatic carbocycles. The van der Waals surface area contributed by atoms with E-state index in [0.29, 0.717) is 30.2 Å². The second kappa shape index (κ2) is 11.1. The van der Waals surface area contributed by atoms with E-state index >= 15 is 0 Å². The van der Waals surface area contributed by atoms with E-state index in [1.807, 2.05) is 59.8 Å². The molecule has 1 amide bonds. The van der Waals surface area contributed by atoms with Gasteiger partial charge in [-0.3, -0.25) is 4.79 Å². The number of rotatable bonds is 8. The number of methoxy groups -OCH3 is 1. The molecule has 2 aromatic carbocycles. The van der Waals surface area contributed by atoms with Crippen LogP contribution in [0.2, 0.25) is 0 Å². The van der Waals surface area contributed by atoms with E-state index in [4.69, 9.17) is 24.4 Å². The molecule has 1 aliphatic rings. The van der Waals surface area contributed by atoms with Crippen molar-refractivity contribution in [3.05, 3.63) is 64.2 Å². The summed E-state index contributed by atoms with van der Waals surface area (Å²) in [5.41, 5.74) is 3.94. The molecule has 42 heavy (non-hydrogen) atoms. The van der Waals surface area contributed by atoms with Gasteiger partial charge in [0.25, 0.3) is 5.91 Å². The lowest BCUT2D eigenvalue weighted by molar-refractivity contribution is 0.0782. The summed E-state index contributed by atoms with van der Waals surface area (Å²) in [7, 11) is 1.62. The summed E-state index contributed by atoms with van der Waals surface area (Å²) in [6, 6.07) is 11.3. The number of hydrogen-bond donors (Lipinski definition) is 1. The second-order valence-electron chi connectivity index (χ2n) is 10.1. The van der Waals surface area contributed by atoms with Crippen molar-refractivity contribution in [2.45, 2.75) is 20.0 Å². The summed E-state index contributed by atoms with van der Waals surface area (Å²) in [5.74, 6) is 1.50. The zero-order valence-corrected chi connectivity index (χ0v) is 25.3. The van der Waals surface area contributed by atoms with Crippen LogP contribution in [0.4, 0.5) is 0 Å². The third kappa shape index (κ3) is 5.13. The van der Waals surface area contributed by atoms with Gasteiger partial charge in [-0.05, 0) is 25.5 Å². The van der Waals surface area contributed by atoms with Gasteiger partial charge in [0.05, 0.1) is 29.2 Å². The van der Waals surface area contributed by atoms with Crippen molar-refractivity contribution >= 4 is 55.1 Å². The maximum atomic E-state index is 12.8. The van der Waals surface area contributed by atoms with Gasteiger partial charge in [0, 0.05) is 54.3 Å². The van der Waals surface area contributed by atoms with E-state index in [2.05, 4.69) is 5.10 Å². The number of aryl methyl sites for hydroxylation is 1. The van der Waals surface area contributed by atoms with Gasteiger partial charge in [-0.15, -0.1) is 22.7 Å². The number of likely N-dealkylation sites (tertiary alicyclic amines) is 1. The van der Waals surface area contributed by atoms with Crippen LogP contribution in [0.25, 0.3) is 36.5 Å². The molecule has 1 atom stereocenters. The summed E-state index contributed by atoms with van der Waals surface area (Å²) < 4.78 is 14.5. The van der Waals surface area contributed by atoms with Crippen LogP contribution in [0.3, 0.4) is 0 Å². The molecule has 7 rings (SSSR count). The van der Waals surface area contributed by atoms with E-state index in [1.165, 1.54) is 22.7 Å². The minimum Gasteiger partial charge on any atom is -0.497 e. The van der Waals surface area contributed by atoms with Gasteiger partial charge in [0.1, 0.15) is 38.8 Å². The average Bonchev–Trinajstić information content (AvgIpc) is 3.83. The average molecular weight is 619 g/mol. The fourth-order valence-electron chi connectivity index (χ4n) is 4.98. The highest BCUT2D eigenvalue weighted by molar-refractivity contribution is 7.22. The van der Waals surface area contributed by atoms with Crippen LogP contribution < -0.4 is 9.47 Å². The third-order valence-electron chi connectivity index (χ3n) is 7.17. The summed E-state index contributed by atoms with van der Waals surface area (Å²) in [6.07, 6.45) is 2.74. The minimum absolute atomic E-state index is 0.000980. The number of hydrogen-bond acceptors (Lipinski definition) is 11. The number of aliphatic hydroxyl groups excluding tert-OH is 1. The Hall–Kier alpha value is -3.91. The fourth-order valence-corrected chi connectivity index (χ4v) is 7.48. The molecule has 0 spiro atoms. The molecule has 0 unspecified atom stereocenters. The van der Waals surface area contributed by atoms with E-state index in [1.54, 1.807) is 23.0 Å². The highest BCUT2D eigenvalue weighted by Gasteiger charge is 2.26. The number of benzene rings is 2. The van der Waals surface area contributed by atoms with Crippen LogP contribution in [0.5, 0.6) is 11.5 Å². The predicted octanol–water partition coefficient (Wildman–Crippen LogP) is 5.54. The van der Waals surface area contributed by atoms with E-state index in [0.717, 1.165) is 53.6 Å². The number of imidazole rings is 1. The van der Waals surface area contributed by atoms with Crippen LogP contribution >= 0.6 is 34.0 Å². The van der Waals surface area contributed by atoms with Crippen molar-refractivity contribution in [3.8, 4) is 32.8 Å². The fraction of sp³-hybridized carbons (Fsp3) is 0.276. The number of aromatic nitrogens is 5. The number of ether oxygens (including phenoxy) is 2. The molecule has 0 saturated carbocycles. The van der Waals surface area contributed by atoms with Gasteiger partial charge in [-0.1, -0.05) is 23.5 Å². The molecule has 1 aliphatic heterocycles. The van der Waals surface area contributed by atoms with Gasteiger partial charge in [-0.2, -0.15) is 5.10 Å². The van der Waals surface area contributed by atoms with Gasteiger partial charge >= 0.3 is 0 Å². The molecule has 214 valence electrons. The van der Waals surface area contributed by atoms with Crippen molar-refractivity contribution in [1.29, 1.82) is 0 Å². The number of carbonyl (C=O) groups is 1. The molecule has 4 aromatic heterocycles. The maximum absolute atomic E-state index is 12.8. The van der Waals surface area contributed by atoms with Crippen molar-refractivity contribution in [3.63, 3.8) is 0 Å². The molecule has 1 fully saturated rings. The summed E-state index contributed by atoms with van der Waals surface area (Å²) in [5, 5.41) is 18.4. The Morgan fingerprint density at radius 1 is 1.12 bits per heavy atom. The SMILES string of the molecule is COc1cc(OCc2csc(-c3ccc(C(=O)N4CC[C@@H](CO)C4)cc3)n2)c2sc(-c3cn4nc(C)sc4n3)nc2c1. The normalized spacial score (nSPS) is 15.2. The molecule has 5 heterocycles. The minimum atomic E-state index is 0.000980. The quantitative estimate of drug-likeness (QED) is 0.237. The molecule has 0 radical (unpaired) electrons. The number of fused-ring (bicyclic) bond motifs is 2. The zero-order chi connectivity index (χ0) is 28.8. The van der Waals surface area contributed by atoms with Gasteiger partial charge < -0.3 is 19.5 Å². The molecular formula is C29H26N6O4S3. The summed E-state index contributed by atoms with van der Waals surface area (Å²) >= 11 is 4.59. The summed E-state index contributed by atoms with van der Waals surface area (Å²) in [6.45, 7) is 3.65. The lowest BCUT2D eigenvalue weighted by atomic mass is 10.1. The number of thiazole rings is 2. The molecule has 6 aromatic rings. The van der Waals surface area contributed by atoms with Crippen LogP contribution in [-0.2, 0) is 6.61 Å². The van der Waals surface area contributed by atoms with Crippen LogP contribution in [0, 0.1) is 12.8 Å². The van der Waals surface area contributed by atoms with E-state index in [9.17, 15) is 9.90 Å². The summed E-state index contributed by atoms with van der Waals surface area (Å²) in [4.78, 5) is 29.8. The van der Waals surface area contributed by atoms with Crippen molar-refractivity contribution in [1.82, 2.24) is 29.5 Å². The largest absolute Gasteiger partial charge is 0.497 e. The van der Waals surface area contributed by atoms with Crippen LogP contribution in [0.15, 0.2) is 48.0 Å². The molecule has 1 N–H and O–H groups in total. The Kier molecular flexibility index (Phi) is 7.10. The van der Waals surface area contributed by atoms with E-state index in [-0.39, 0.29) is 25.0 Å². The van der Waals surface area contributed by atoms with Gasteiger partial charge in [0.2, 0.25) is 4.96 Å². The smallest absolute Gasteiger partial charge is 0.253 e. The zero-order valence-electron chi connectivity index (χ0n) is 22.8. The first kappa shape index (κ1) is 27.0. The molecule has 1 saturated heterocycles. The molecule has 10 nitrogen and oxygen atoms in total. The van der Waals surface area contributed by atoms with Crippen LogP contribution in [-0.4, -0.2) is 67.3 Å². The van der Waals surface area contributed by atoms with Crippen LogP contribution in [0.1, 0.15) is 27.5 Å². The lowest BCUT2D eigenvalue weighted by Gasteiger charge is -2.16. The van der Waals surface area contributed by atoms with Crippen molar-refractivity contribution in [2.24, 2.45) is 5.92 Å². The first-order chi connectivity index (χ1) is 20.5. The Morgan fingerprint density at radius 2 is 1.98 bits per heavy atom. The highest BCUT2D eigenvalue weighted by atomic mass is 32.1. The Morgan fingerprint density at radius 3 is 2.74 bits per heavy atom. The Balaban J connectivity index is 1.07. The van der Waals surface area contributed by atoms with E-state index < -0.39 is 0 Å². The first-order valence-corrected chi connectivity index (χ1v) is 15.9. The Labute approximate surface area is 252 Å². The molecule has 13 heteroatoms. The number of carbonyl (C=O) groups excluding carboxylic acids is 1. The van der Waals surface area contributed by atoms with Gasteiger partial charge in [-0.25, -0.2) is 19.5 Å². The Bertz CT molecular complexity index is 1880. The van der Waals surface area contributed by atoms with Crippen molar-refractivity contribution in [2.75, 3.05) is 26.8 Å².